The first-order valence-electron chi connectivity index (χ1n) is 8.40. The van der Waals surface area contributed by atoms with Gasteiger partial charge in [-0.15, -0.1) is 0 Å². The van der Waals surface area contributed by atoms with Crippen LogP contribution in [0.2, 0.25) is 0 Å². The predicted octanol–water partition coefficient (Wildman–Crippen LogP) is 1.25. The molecule has 3 aromatic rings. The lowest BCUT2D eigenvalue weighted by Gasteiger charge is -2.15. The van der Waals surface area contributed by atoms with Gasteiger partial charge in [-0.3, -0.25) is 13.9 Å². The fraction of sp³-hybridized carbons (Fsp3) is 0.389. The number of imidazole rings is 1. The minimum Gasteiger partial charge on any atom is -0.491 e. The number of hydrogen-bond acceptors (Lipinski definition) is 5. The van der Waals surface area contributed by atoms with E-state index in [0.29, 0.717) is 10.5 Å². The van der Waals surface area contributed by atoms with Gasteiger partial charge in [0.2, 0.25) is 0 Å². The third-order valence-corrected chi connectivity index (χ3v) is 5.22. The highest BCUT2D eigenvalue weighted by Crippen LogP contribution is 2.19. The SMILES string of the molecule is Cc1ccc(OC[C@@H](O)Cn2c(Br)nc3c2c(=O)n(C)c(=O)n3C)cc1C. The summed E-state index contributed by atoms with van der Waals surface area (Å²) in [5.74, 6) is 0.671. The van der Waals surface area contributed by atoms with Crippen LogP contribution < -0.4 is 16.0 Å². The Kier molecular flexibility index (Phi) is 5.25. The molecule has 0 amide bonds. The van der Waals surface area contributed by atoms with Gasteiger partial charge in [0, 0.05) is 14.1 Å². The van der Waals surface area contributed by atoms with Crippen molar-refractivity contribution in [2.75, 3.05) is 6.61 Å². The molecule has 1 aromatic carbocycles. The van der Waals surface area contributed by atoms with Crippen molar-refractivity contribution >= 4 is 27.1 Å². The first-order chi connectivity index (χ1) is 12.7. The van der Waals surface area contributed by atoms with Crippen LogP contribution in [-0.4, -0.2) is 36.5 Å². The molecule has 9 heteroatoms. The number of halogens is 1. The molecule has 0 fully saturated rings. The third-order valence-electron chi connectivity index (χ3n) is 4.62. The van der Waals surface area contributed by atoms with Gasteiger partial charge in [-0.25, -0.2) is 9.78 Å². The van der Waals surface area contributed by atoms with Gasteiger partial charge in [0.05, 0.1) is 6.54 Å². The summed E-state index contributed by atoms with van der Waals surface area (Å²) < 4.78 is 9.89. The van der Waals surface area contributed by atoms with E-state index in [2.05, 4.69) is 20.9 Å². The Labute approximate surface area is 163 Å². The second kappa shape index (κ2) is 7.32. The zero-order valence-corrected chi connectivity index (χ0v) is 17.1. The highest BCUT2D eigenvalue weighted by molar-refractivity contribution is 9.10. The zero-order valence-electron chi connectivity index (χ0n) is 15.6. The molecule has 1 N–H and O–H groups in total. The number of fused-ring (bicyclic) bond motifs is 1. The maximum absolute atomic E-state index is 12.5. The normalized spacial score (nSPS) is 12.5. The molecule has 1 atom stereocenters. The standard InChI is InChI=1S/C18H21BrN4O4/c1-10-5-6-13(7-11(10)2)27-9-12(24)8-23-14-15(20-17(23)19)21(3)18(26)22(4)16(14)25/h5-7,12,24H,8-9H2,1-4H3/t12-/m0/s1. The quantitative estimate of drug-likeness (QED) is 0.607. The lowest BCUT2D eigenvalue weighted by Crippen LogP contribution is -2.38. The van der Waals surface area contributed by atoms with Crippen LogP contribution in [0.15, 0.2) is 32.5 Å². The molecule has 0 saturated carbocycles. The summed E-state index contributed by atoms with van der Waals surface area (Å²) in [6, 6.07) is 5.72. The van der Waals surface area contributed by atoms with Crippen LogP contribution in [-0.2, 0) is 20.6 Å². The number of ether oxygens (including phenoxy) is 1. The number of aromatic nitrogens is 4. The molecule has 0 aliphatic carbocycles. The van der Waals surface area contributed by atoms with Crippen molar-refractivity contribution in [1.29, 1.82) is 0 Å². The van der Waals surface area contributed by atoms with Gasteiger partial charge in [-0.2, -0.15) is 0 Å². The molecule has 27 heavy (non-hydrogen) atoms. The number of aliphatic hydroxyl groups excluding tert-OH is 1. The second-order valence-electron chi connectivity index (χ2n) is 6.58. The molecule has 2 aromatic heterocycles. The Bertz CT molecular complexity index is 1130. The zero-order chi connectivity index (χ0) is 19.9. The minimum atomic E-state index is -0.873. The van der Waals surface area contributed by atoms with E-state index in [0.717, 1.165) is 15.7 Å². The van der Waals surface area contributed by atoms with Crippen LogP contribution in [0.4, 0.5) is 0 Å². The van der Waals surface area contributed by atoms with Gasteiger partial charge in [-0.05, 0) is 53.0 Å². The summed E-state index contributed by atoms with van der Waals surface area (Å²) in [6.07, 6.45) is -0.873. The van der Waals surface area contributed by atoms with E-state index in [1.165, 1.54) is 11.6 Å². The van der Waals surface area contributed by atoms with E-state index >= 15 is 0 Å². The van der Waals surface area contributed by atoms with Crippen molar-refractivity contribution in [2.24, 2.45) is 14.1 Å². The van der Waals surface area contributed by atoms with Crippen LogP contribution in [0.3, 0.4) is 0 Å². The molecule has 0 radical (unpaired) electrons. The molecule has 3 rings (SSSR count). The van der Waals surface area contributed by atoms with E-state index in [1.807, 2.05) is 32.0 Å². The molecule has 0 aliphatic heterocycles. The fourth-order valence-corrected chi connectivity index (χ4v) is 3.34. The number of rotatable bonds is 5. The van der Waals surface area contributed by atoms with E-state index in [-0.39, 0.29) is 24.3 Å². The molecule has 144 valence electrons. The van der Waals surface area contributed by atoms with Crippen LogP contribution in [0, 0.1) is 13.8 Å². The molecule has 0 spiro atoms. The molecule has 0 bridgehead atoms. The Morgan fingerprint density at radius 3 is 2.56 bits per heavy atom. The Balaban J connectivity index is 1.86. The number of aryl methyl sites for hydroxylation is 3. The monoisotopic (exact) mass is 436 g/mol. The summed E-state index contributed by atoms with van der Waals surface area (Å²) in [5, 5.41) is 10.4. The van der Waals surface area contributed by atoms with Crippen LogP contribution >= 0.6 is 15.9 Å². The van der Waals surface area contributed by atoms with Crippen molar-refractivity contribution in [2.45, 2.75) is 26.5 Å². The molecule has 0 unspecified atom stereocenters. The van der Waals surface area contributed by atoms with Gasteiger partial charge in [-0.1, -0.05) is 6.07 Å². The number of benzene rings is 1. The first kappa shape index (κ1) is 19.4. The van der Waals surface area contributed by atoms with Gasteiger partial charge in [0.1, 0.15) is 18.5 Å². The molecule has 8 nitrogen and oxygen atoms in total. The molecule has 0 saturated heterocycles. The molecular weight excluding hydrogens is 416 g/mol. The summed E-state index contributed by atoms with van der Waals surface area (Å²) >= 11 is 3.31. The summed E-state index contributed by atoms with van der Waals surface area (Å²) in [4.78, 5) is 28.8. The lowest BCUT2D eigenvalue weighted by atomic mass is 10.1. The van der Waals surface area contributed by atoms with E-state index in [4.69, 9.17) is 4.74 Å². The second-order valence-corrected chi connectivity index (χ2v) is 7.29. The lowest BCUT2D eigenvalue weighted by molar-refractivity contribution is 0.0928. The molecular formula is C18H21BrN4O4. The molecule has 2 heterocycles. The topological polar surface area (TPSA) is 91.3 Å². The summed E-state index contributed by atoms with van der Waals surface area (Å²) in [7, 11) is 2.96. The van der Waals surface area contributed by atoms with Crippen molar-refractivity contribution in [3.63, 3.8) is 0 Å². The average Bonchev–Trinajstić information content (AvgIpc) is 2.95. The maximum atomic E-state index is 12.5. The van der Waals surface area contributed by atoms with Crippen molar-refractivity contribution < 1.29 is 9.84 Å². The Hall–Kier alpha value is -2.39. The van der Waals surface area contributed by atoms with Crippen LogP contribution in [0.5, 0.6) is 5.75 Å². The van der Waals surface area contributed by atoms with Crippen molar-refractivity contribution in [1.82, 2.24) is 18.7 Å². The van der Waals surface area contributed by atoms with Gasteiger partial charge < -0.3 is 14.4 Å². The summed E-state index contributed by atoms with van der Waals surface area (Å²) in [5.41, 5.74) is 1.86. The predicted molar refractivity (Wildman–Crippen MR) is 105 cm³/mol. The van der Waals surface area contributed by atoms with Crippen molar-refractivity contribution in [3.05, 3.63) is 54.9 Å². The van der Waals surface area contributed by atoms with Gasteiger partial charge >= 0.3 is 5.69 Å². The third kappa shape index (κ3) is 3.57. The summed E-state index contributed by atoms with van der Waals surface area (Å²) in [6.45, 7) is 4.16. The van der Waals surface area contributed by atoms with Crippen LogP contribution in [0.25, 0.3) is 11.2 Å². The largest absolute Gasteiger partial charge is 0.491 e. The smallest absolute Gasteiger partial charge is 0.332 e. The number of aliphatic hydroxyl groups is 1. The van der Waals surface area contributed by atoms with Gasteiger partial charge in [0.25, 0.3) is 5.56 Å². The maximum Gasteiger partial charge on any atom is 0.332 e. The van der Waals surface area contributed by atoms with E-state index in [9.17, 15) is 14.7 Å². The van der Waals surface area contributed by atoms with E-state index in [1.54, 1.807) is 11.6 Å². The van der Waals surface area contributed by atoms with Gasteiger partial charge in [0.15, 0.2) is 15.9 Å². The number of hydrogen-bond donors (Lipinski definition) is 1. The minimum absolute atomic E-state index is 0.0562. The number of nitrogens with zero attached hydrogens (tertiary/aromatic N) is 4. The van der Waals surface area contributed by atoms with Crippen LogP contribution in [0.1, 0.15) is 11.1 Å². The van der Waals surface area contributed by atoms with Crippen molar-refractivity contribution in [3.8, 4) is 5.75 Å². The first-order valence-corrected chi connectivity index (χ1v) is 9.20. The van der Waals surface area contributed by atoms with E-state index < -0.39 is 17.4 Å². The Morgan fingerprint density at radius 1 is 1.19 bits per heavy atom. The highest BCUT2D eigenvalue weighted by atomic mass is 79.9. The molecule has 0 aliphatic rings. The fourth-order valence-electron chi connectivity index (χ4n) is 2.85. The highest BCUT2D eigenvalue weighted by Gasteiger charge is 2.20. The average molecular weight is 437 g/mol. The Morgan fingerprint density at radius 2 is 1.89 bits per heavy atom.